The molecular formula is C12H13NO3. The van der Waals surface area contributed by atoms with Crippen molar-refractivity contribution < 1.29 is 14.7 Å². The van der Waals surface area contributed by atoms with Gasteiger partial charge in [-0.2, -0.15) is 0 Å². The summed E-state index contributed by atoms with van der Waals surface area (Å²) in [7, 11) is 0. The summed E-state index contributed by atoms with van der Waals surface area (Å²) < 4.78 is 0. The number of nitrogens with one attached hydrogen (secondary N) is 1. The molecule has 1 aromatic carbocycles. The van der Waals surface area contributed by atoms with Gasteiger partial charge in [-0.3, -0.25) is 9.59 Å². The molecule has 0 bridgehead atoms. The number of piperidine rings is 1. The van der Waals surface area contributed by atoms with Crippen molar-refractivity contribution in [3.8, 4) is 0 Å². The number of aliphatic carboxylic acids is 1. The van der Waals surface area contributed by atoms with Gasteiger partial charge >= 0.3 is 5.97 Å². The Morgan fingerprint density at radius 1 is 1.31 bits per heavy atom. The molecule has 1 aliphatic heterocycles. The fourth-order valence-electron chi connectivity index (χ4n) is 2.09. The third-order valence-electron chi connectivity index (χ3n) is 2.96. The number of hydrogen-bond donors (Lipinski definition) is 2. The number of amides is 1. The van der Waals surface area contributed by atoms with Crippen molar-refractivity contribution >= 4 is 11.9 Å². The van der Waals surface area contributed by atoms with E-state index < -0.39 is 11.9 Å². The second-order valence-electron chi connectivity index (χ2n) is 3.97. The normalized spacial score (nSPS) is 24.9. The lowest BCUT2D eigenvalue weighted by Gasteiger charge is -2.28. The van der Waals surface area contributed by atoms with Crippen LogP contribution in [-0.4, -0.2) is 23.5 Å². The third kappa shape index (κ3) is 2.05. The van der Waals surface area contributed by atoms with Crippen LogP contribution in [0.25, 0.3) is 0 Å². The summed E-state index contributed by atoms with van der Waals surface area (Å²) in [5.41, 5.74) is 0.921. The van der Waals surface area contributed by atoms with Crippen molar-refractivity contribution in [2.45, 2.75) is 12.3 Å². The van der Waals surface area contributed by atoms with E-state index in [1.54, 1.807) is 0 Å². The topological polar surface area (TPSA) is 66.4 Å². The quantitative estimate of drug-likeness (QED) is 0.779. The van der Waals surface area contributed by atoms with Gasteiger partial charge in [0.15, 0.2) is 0 Å². The molecule has 0 saturated carbocycles. The van der Waals surface area contributed by atoms with Gasteiger partial charge < -0.3 is 10.4 Å². The number of hydrogen-bond acceptors (Lipinski definition) is 2. The summed E-state index contributed by atoms with van der Waals surface area (Å²) in [5.74, 6) is -1.67. The maximum absolute atomic E-state index is 11.3. The van der Waals surface area contributed by atoms with Gasteiger partial charge in [0.05, 0.1) is 5.92 Å². The van der Waals surface area contributed by atoms with Gasteiger partial charge in [-0.1, -0.05) is 30.3 Å². The maximum atomic E-state index is 11.3. The van der Waals surface area contributed by atoms with Crippen LogP contribution in [0.3, 0.4) is 0 Å². The highest BCUT2D eigenvalue weighted by atomic mass is 16.4. The summed E-state index contributed by atoms with van der Waals surface area (Å²) in [5, 5.41) is 11.7. The van der Waals surface area contributed by atoms with Gasteiger partial charge in [0.25, 0.3) is 0 Å². The average molecular weight is 219 g/mol. The smallest absolute Gasteiger partial charge is 0.308 e. The highest BCUT2D eigenvalue weighted by Gasteiger charge is 2.34. The molecule has 1 aliphatic rings. The molecule has 2 rings (SSSR count). The first-order valence-corrected chi connectivity index (χ1v) is 5.23. The number of carbonyl (C=O) groups is 2. The zero-order valence-electron chi connectivity index (χ0n) is 8.72. The monoisotopic (exact) mass is 219 g/mol. The first-order chi connectivity index (χ1) is 7.68. The highest BCUT2D eigenvalue weighted by molar-refractivity contribution is 5.82. The maximum Gasteiger partial charge on any atom is 0.308 e. The van der Waals surface area contributed by atoms with Crippen LogP contribution in [0.5, 0.6) is 0 Å². The van der Waals surface area contributed by atoms with Gasteiger partial charge in [0, 0.05) is 18.9 Å². The molecule has 84 valence electrons. The molecule has 1 heterocycles. The van der Waals surface area contributed by atoms with E-state index >= 15 is 0 Å². The van der Waals surface area contributed by atoms with E-state index in [4.69, 9.17) is 5.11 Å². The van der Waals surface area contributed by atoms with Crippen LogP contribution >= 0.6 is 0 Å². The summed E-state index contributed by atoms with van der Waals surface area (Å²) in [6, 6.07) is 9.35. The van der Waals surface area contributed by atoms with Crippen molar-refractivity contribution in [3.63, 3.8) is 0 Å². The number of benzene rings is 1. The van der Waals surface area contributed by atoms with Crippen LogP contribution in [0.4, 0.5) is 0 Å². The van der Waals surface area contributed by atoms with E-state index in [9.17, 15) is 9.59 Å². The van der Waals surface area contributed by atoms with Gasteiger partial charge in [-0.15, -0.1) is 0 Å². The SMILES string of the molecule is O=C1CC(c2ccccc2)[C@H](C(=O)O)CN1. The molecule has 1 saturated heterocycles. The van der Waals surface area contributed by atoms with Gasteiger partial charge in [-0.05, 0) is 5.56 Å². The lowest BCUT2D eigenvalue weighted by molar-refractivity contribution is -0.144. The molecule has 0 radical (unpaired) electrons. The number of carboxylic acid groups (broad SMARTS) is 1. The molecule has 16 heavy (non-hydrogen) atoms. The van der Waals surface area contributed by atoms with E-state index in [-0.39, 0.29) is 24.8 Å². The predicted octanol–water partition coefficient (Wildman–Crippen LogP) is 0.991. The Balaban J connectivity index is 2.27. The van der Waals surface area contributed by atoms with Crippen molar-refractivity contribution in [2.75, 3.05) is 6.54 Å². The predicted molar refractivity (Wildman–Crippen MR) is 57.9 cm³/mol. The van der Waals surface area contributed by atoms with Crippen LogP contribution in [0.15, 0.2) is 30.3 Å². The summed E-state index contributed by atoms with van der Waals surface area (Å²) >= 11 is 0. The highest BCUT2D eigenvalue weighted by Crippen LogP contribution is 2.30. The summed E-state index contributed by atoms with van der Waals surface area (Å²) in [6.07, 6.45) is 0.251. The largest absolute Gasteiger partial charge is 0.481 e. The van der Waals surface area contributed by atoms with Gasteiger partial charge in [0.2, 0.25) is 5.91 Å². The summed E-state index contributed by atoms with van der Waals surface area (Å²) in [6.45, 7) is 0.216. The standard InChI is InChI=1S/C12H13NO3/c14-11-6-9(8-4-2-1-3-5-8)10(7-13-11)12(15)16/h1-5,9-10H,6-7H2,(H,13,14)(H,15,16)/t9?,10-/m1/s1. The lowest BCUT2D eigenvalue weighted by Crippen LogP contribution is -2.43. The molecule has 1 fully saturated rings. The van der Waals surface area contributed by atoms with Crippen LogP contribution in [0.2, 0.25) is 0 Å². The van der Waals surface area contributed by atoms with E-state index in [0.29, 0.717) is 0 Å². The van der Waals surface area contributed by atoms with Crippen LogP contribution in [-0.2, 0) is 9.59 Å². The van der Waals surface area contributed by atoms with Crippen molar-refractivity contribution in [1.29, 1.82) is 0 Å². The molecule has 4 heteroatoms. The van der Waals surface area contributed by atoms with Crippen LogP contribution in [0, 0.1) is 5.92 Å². The first-order valence-electron chi connectivity index (χ1n) is 5.23. The van der Waals surface area contributed by atoms with Crippen molar-refractivity contribution in [3.05, 3.63) is 35.9 Å². The summed E-state index contributed by atoms with van der Waals surface area (Å²) in [4.78, 5) is 22.4. The molecule has 1 unspecified atom stereocenters. The molecule has 0 aromatic heterocycles. The zero-order chi connectivity index (χ0) is 11.5. The van der Waals surface area contributed by atoms with E-state index in [1.807, 2.05) is 30.3 Å². The minimum atomic E-state index is -0.853. The minimum Gasteiger partial charge on any atom is -0.481 e. The number of rotatable bonds is 2. The molecule has 1 amide bonds. The Hall–Kier alpha value is -1.84. The molecule has 0 aliphatic carbocycles. The Morgan fingerprint density at radius 2 is 2.00 bits per heavy atom. The number of carboxylic acids is 1. The number of carbonyl (C=O) groups excluding carboxylic acids is 1. The lowest BCUT2D eigenvalue weighted by atomic mass is 9.81. The Kier molecular flexibility index (Phi) is 2.90. The van der Waals surface area contributed by atoms with Crippen LogP contribution < -0.4 is 5.32 Å². The van der Waals surface area contributed by atoms with Gasteiger partial charge in [-0.25, -0.2) is 0 Å². The zero-order valence-corrected chi connectivity index (χ0v) is 8.72. The van der Waals surface area contributed by atoms with Crippen molar-refractivity contribution in [2.24, 2.45) is 5.92 Å². The van der Waals surface area contributed by atoms with Crippen LogP contribution in [0.1, 0.15) is 17.9 Å². The molecule has 4 nitrogen and oxygen atoms in total. The van der Waals surface area contributed by atoms with E-state index in [1.165, 1.54) is 0 Å². The fourth-order valence-corrected chi connectivity index (χ4v) is 2.09. The minimum absolute atomic E-state index is 0.0775. The Bertz CT molecular complexity index is 402. The Labute approximate surface area is 93.3 Å². The average Bonchev–Trinajstić information content (AvgIpc) is 2.29. The van der Waals surface area contributed by atoms with E-state index in [2.05, 4.69) is 5.32 Å². The molecule has 2 N–H and O–H groups in total. The first kappa shape index (κ1) is 10.7. The molecule has 2 atom stereocenters. The Morgan fingerprint density at radius 3 is 2.62 bits per heavy atom. The van der Waals surface area contributed by atoms with Gasteiger partial charge in [0.1, 0.15) is 0 Å². The second kappa shape index (κ2) is 4.35. The molecular weight excluding hydrogens is 206 g/mol. The van der Waals surface area contributed by atoms with Crippen molar-refractivity contribution in [1.82, 2.24) is 5.32 Å². The van der Waals surface area contributed by atoms with E-state index in [0.717, 1.165) is 5.56 Å². The molecule has 1 aromatic rings. The fraction of sp³-hybridized carbons (Fsp3) is 0.333. The second-order valence-corrected chi connectivity index (χ2v) is 3.97. The third-order valence-corrected chi connectivity index (χ3v) is 2.96. The molecule has 0 spiro atoms.